The molecule has 1 aromatic carbocycles. The minimum atomic E-state index is -0.728. The first-order chi connectivity index (χ1) is 10.1. The molecule has 0 bridgehead atoms. The molecule has 1 amide bonds. The summed E-state index contributed by atoms with van der Waals surface area (Å²) in [5.41, 5.74) is 0.884. The third-order valence-corrected chi connectivity index (χ3v) is 3.55. The Morgan fingerprint density at radius 2 is 2.05 bits per heavy atom. The van der Waals surface area contributed by atoms with Crippen LogP contribution in [0, 0.1) is 0 Å². The zero-order chi connectivity index (χ0) is 15.2. The summed E-state index contributed by atoms with van der Waals surface area (Å²) in [5.74, 6) is -0.457. The maximum absolute atomic E-state index is 12.1. The van der Waals surface area contributed by atoms with E-state index in [4.69, 9.17) is 4.74 Å². The van der Waals surface area contributed by atoms with Crippen molar-refractivity contribution in [3.63, 3.8) is 0 Å². The van der Waals surface area contributed by atoms with Crippen molar-refractivity contribution in [2.24, 2.45) is 0 Å². The highest BCUT2D eigenvalue weighted by Crippen LogP contribution is 2.22. The van der Waals surface area contributed by atoms with E-state index in [1.54, 1.807) is 0 Å². The van der Waals surface area contributed by atoms with Gasteiger partial charge in [0.05, 0.1) is 25.7 Å². The highest BCUT2D eigenvalue weighted by molar-refractivity contribution is 5.73. The monoisotopic (exact) mass is 293 g/mol. The molecular weight excluding hydrogens is 274 g/mol. The Morgan fingerprint density at radius 3 is 2.71 bits per heavy atom. The minimum absolute atomic E-state index is 0.0297. The second-order valence-corrected chi connectivity index (χ2v) is 4.94. The Bertz CT molecular complexity index is 490. The van der Waals surface area contributed by atoms with Crippen LogP contribution in [0.1, 0.15) is 18.4 Å². The summed E-state index contributed by atoms with van der Waals surface area (Å²) in [4.78, 5) is 24.8. The molecule has 1 heterocycles. The maximum Gasteiger partial charge on any atom is 0.410 e. The number of esters is 1. The number of ether oxygens (including phenoxy) is 2. The average Bonchev–Trinajstić information content (AvgIpc) is 2.87. The number of nitrogens with zero attached hydrogens (tertiary/aromatic N) is 1. The molecule has 21 heavy (non-hydrogen) atoms. The number of amides is 1. The molecule has 0 aliphatic carbocycles. The number of rotatable bonds is 4. The molecular formula is C15H19NO5. The van der Waals surface area contributed by atoms with E-state index in [0.717, 1.165) is 5.56 Å². The molecule has 0 aromatic heterocycles. The number of carbonyl (C=O) groups is 2. The second-order valence-electron chi connectivity index (χ2n) is 4.94. The first-order valence-electron chi connectivity index (χ1n) is 6.84. The van der Waals surface area contributed by atoms with E-state index in [2.05, 4.69) is 4.74 Å². The van der Waals surface area contributed by atoms with Crippen molar-refractivity contribution in [1.82, 2.24) is 4.90 Å². The van der Waals surface area contributed by atoms with E-state index < -0.39 is 24.2 Å². The van der Waals surface area contributed by atoms with Gasteiger partial charge in [-0.15, -0.1) is 0 Å². The number of hydrogen-bond donors (Lipinski definition) is 1. The highest BCUT2D eigenvalue weighted by Gasteiger charge is 2.38. The topological polar surface area (TPSA) is 76.1 Å². The molecule has 114 valence electrons. The van der Waals surface area contributed by atoms with Gasteiger partial charge in [0.2, 0.25) is 0 Å². The molecule has 2 atom stereocenters. The Labute approximate surface area is 123 Å². The molecule has 0 saturated carbocycles. The molecule has 1 saturated heterocycles. The van der Waals surface area contributed by atoms with Crippen LogP contribution in [-0.4, -0.2) is 47.9 Å². The Kier molecular flexibility index (Phi) is 5.16. The number of aliphatic hydroxyl groups excluding tert-OH is 1. The largest absolute Gasteiger partial charge is 0.469 e. The van der Waals surface area contributed by atoms with E-state index in [0.29, 0.717) is 13.0 Å². The van der Waals surface area contributed by atoms with Gasteiger partial charge in [-0.05, 0) is 12.0 Å². The van der Waals surface area contributed by atoms with Crippen molar-refractivity contribution in [3.05, 3.63) is 35.9 Å². The lowest BCUT2D eigenvalue weighted by molar-refractivity contribution is -0.142. The van der Waals surface area contributed by atoms with Gasteiger partial charge < -0.3 is 19.5 Å². The van der Waals surface area contributed by atoms with Gasteiger partial charge in [-0.3, -0.25) is 4.79 Å². The normalized spacial score (nSPS) is 21.1. The molecule has 6 nitrogen and oxygen atoms in total. The summed E-state index contributed by atoms with van der Waals surface area (Å²) in [6, 6.07) is 8.75. The van der Waals surface area contributed by atoms with Crippen molar-refractivity contribution in [2.75, 3.05) is 13.7 Å². The molecule has 1 aliphatic heterocycles. The van der Waals surface area contributed by atoms with Gasteiger partial charge in [-0.2, -0.15) is 0 Å². The number of hydrogen-bond acceptors (Lipinski definition) is 5. The molecule has 1 fully saturated rings. The van der Waals surface area contributed by atoms with Gasteiger partial charge in [0.15, 0.2) is 0 Å². The molecule has 6 heteroatoms. The van der Waals surface area contributed by atoms with Gasteiger partial charge in [-0.25, -0.2) is 4.79 Å². The summed E-state index contributed by atoms with van der Waals surface area (Å²) in [7, 11) is 1.28. The van der Waals surface area contributed by atoms with E-state index >= 15 is 0 Å². The zero-order valence-corrected chi connectivity index (χ0v) is 11.9. The van der Waals surface area contributed by atoms with Crippen LogP contribution in [0.4, 0.5) is 4.79 Å². The van der Waals surface area contributed by atoms with Crippen molar-refractivity contribution in [2.45, 2.75) is 31.6 Å². The fourth-order valence-electron chi connectivity index (χ4n) is 2.37. The van der Waals surface area contributed by atoms with E-state index in [-0.39, 0.29) is 13.0 Å². The lowest BCUT2D eigenvalue weighted by atomic mass is 10.1. The van der Waals surface area contributed by atoms with Gasteiger partial charge in [0, 0.05) is 6.54 Å². The van der Waals surface area contributed by atoms with E-state index in [9.17, 15) is 14.7 Å². The predicted molar refractivity (Wildman–Crippen MR) is 74.4 cm³/mol. The standard InChI is InChI=1S/C15H19NO5/c1-20-14(18)9-12-13(17)7-8-16(12)15(19)21-10-11-5-3-2-4-6-11/h2-6,12-13,17H,7-10H2,1H3/t12-,13+/m0/s1. The fraction of sp³-hybridized carbons (Fsp3) is 0.467. The molecule has 0 spiro atoms. The van der Waals surface area contributed by atoms with Crippen LogP contribution in [0.2, 0.25) is 0 Å². The van der Waals surface area contributed by atoms with Crippen LogP contribution in [0.15, 0.2) is 30.3 Å². The average molecular weight is 293 g/mol. The van der Waals surface area contributed by atoms with Crippen LogP contribution in [0.25, 0.3) is 0 Å². The zero-order valence-electron chi connectivity index (χ0n) is 11.9. The van der Waals surface area contributed by atoms with Crippen molar-refractivity contribution in [1.29, 1.82) is 0 Å². The van der Waals surface area contributed by atoms with E-state index in [1.165, 1.54) is 12.0 Å². The minimum Gasteiger partial charge on any atom is -0.469 e. The Morgan fingerprint density at radius 1 is 1.33 bits per heavy atom. The maximum atomic E-state index is 12.1. The first-order valence-corrected chi connectivity index (χ1v) is 6.84. The van der Waals surface area contributed by atoms with Gasteiger partial charge >= 0.3 is 12.1 Å². The SMILES string of the molecule is COC(=O)C[C@H]1[C@H](O)CCN1C(=O)OCc1ccccc1. The van der Waals surface area contributed by atoms with Crippen molar-refractivity contribution >= 4 is 12.1 Å². The summed E-state index contributed by atoms with van der Waals surface area (Å²) >= 11 is 0. The Hall–Kier alpha value is -2.08. The summed E-state index contributed by atoms with van der Waals surface area (Å²) < 4.78 is 9.82. The lowest BCUT2D eigenvalue weighted by Gasteiger charge is -2.24. The first kappa shape index (κ1) is 15.3. The molecule has 2 rings (SSSR count). The Balaban J connectivity index is 1.92. The molecule has 0 radical (unpaired) electrons. The summed E-state index contributed by atoms with van der Waals surface area (Å²) in [6.07, 6.45) is -0.849. The van der Waals surface area contributed by atoms with Crippen molar-refractivity contribution in [3.8, 4) is 0 Å². The van der Waals surface area contributed by atoms with Crippen LogP contribution < -0.4 is 0 Å². The van der Waals surface area contributed by atoms with Crippen LogP contribution >= 0.6 is 0 Å². The van der Waals surface area contributed by atoms with Gasteiger partial charge in [-0.1, -0.05) is 30.3 Å². The predicted octanol–water partition coefficient (Wildman–Crippen LogP) is 1.32. The molecule has 0 unspecified atom stereocenters. The number of carbonyl (C=O) groups excluding carboxylic acids is 2. The number of likely N-dealkylation sites (tertiary alicyclic amines) is 1. The summed E-state index contributed by atoms with van der Waals surface area (Å²) in [5, 5.41) is 9.88. The third-order valence-electron chi connectivity index (χ3n) is 3.55. The quantitative estimate of drug-likeness (QED) is 0.847. The van der Waals surface area contributed by atoms with E-state index in [1.807, 2.05) is 30.3 Å². The van der Waals surface area contributed by atoms with Crippen LogP contribution in [0.5, 0.6) is 0 Å². The number of aliphatic hydroxyl groups is 1. The smallest absolute Gasteiger partial charge is 0.410 e. The lowest BCUT2D eigenvalue weighted by Crippen LogP contribution is -2.41. The molecule has 1 aliphatic rings. The molecule has 1 N–H and O–H groups in total. The highest BCUT2D eigenvalue weighted by atomic mass is 16.6. The second kappa shape index (κ2) is 7.08. The number of methoxy groups -OCH3 is 1. The molecule has 1 aromatic rings. The number of benzene rings is 1. The fourth-order valence-corrected chi connectivity index (χ4v) is 2.37. The third kappa shape index (κ3) is 3.95. The van der Waals surface area contributed by atoms with Crippen molar-refractivity contribution < 1.29 is 24.2 Å². The summed E-state index contributed by atoms with van der Waals surface area (Å²) in [6.45, 7) is 0.535. The van der Waals surface area contributed by atoms with Crippen LogP contribution in [-0.2, 0) is 20.9 Å². The van der Waals surface area contributed by atoms with Gasteiger partial charge in [0.1, 0.15) is 6.61 Å². The van der Waals surface area contributed by atoms with Crippen LogP contribution in [0.3, 0.4) is 0 Å². The van der Waals surface area contributed by atoms with Gasteiger partial charge in [0.25, 0.3) is 0 Å².